The Morgan fingerprint density at radius 1 is 1.62 bits per heavy atom. The number of ether oxygens (including phenoxy) is 1. The van der Waals surface area contributed by atoms with Gasteiger partial charge in [-0.25, -0.2) is 0 Å². The Labute approximate surface area is 96.2 Å². The monoisotopic (exact) mass is 224 g/mol. The van der Waals surface area contributed by atoms with Gasteiger partial charge in [0.1, 0.15) is 12.4 Å². The maximum Gasteiger partial charge on any atom is 0.335 e. The van der Waals surface area contributed by atoms with Gasteiger partial charge in [-0.15, -0.1) is 5.10 Å². The average molecular weight is 224 g/mol. The van der Waals surface area contributed by atoms with E-state index >= 15 is 0 Å². The number of aryl methyl sites for hydroxylation is 1. The molecular formula is C11H20N4O. The fraction of sp³-hybridized carbons (Fsp3) is 0.818. The second-order valence-electron chi connectivity index (χ2n) is 4.41. The topological polar surface area (TPSA) is 52.0 Å². The summed E-state index contributed by atoms with van der Waals surface area (Å²) in [4.78, 5) is 4.08. The van der Waals surface area contributed by atoms with E-state index in [1.807, 2.05) is 7.05 Å². The van der Waals surface area contributed by atoms with Crippen LogP contribution in [0.3, 0.4) is 0 Å². The van der Waals surface area contributed by atoms with Crippen LogP contribution in [0.4, 0.5) is 0 Å². The molecule has 0 amide bonds. The molecule has 1 saturated carbocycles. The van der Waals surface area contributed by atoms with Gasteiger partial charge in [-0.1, -0.05) is 13.3 Å². The van der Waals surface area contributed by atoms with E-state index in [-0.39, 0.29) is 6.10 Å². The predicted molar refractivity (Wildman–Crippen MR) is 61.4 cm³/mol. The van der Waals surface area contributed by atoms with Crippen LogP contribution in [0.5, 0.6) is 6.01 Å². The minimum absolute atomic E-state index is 0.188. The van der Waals surface area contributed by atoms with Crippen molar-refractivity contribution in [3.8, 4) is 6.01 Å². The van der Waals surface area contributed by atoms with E-state index in [1.54, 1.807) is 11.0 Å². The van der Waals surface area contributed by atoms with E-state index in [2.05, 4.69) is 22.3 Å². The molecule has 0 radical (unpaired) electrons. The van der Waals surface area contributed by atoms with Crippen LogP contribution in [-0.2, 0) is 7.05 Å². The van der Waals surface area contributed by atoms with Crippen LogP contribution in [0, 0.1) is 0 Å². The Morgan fingerprint density at radius 3 is 3.00 bits per heavy atom. The molecule has 5 nitrogen and oxygen atoms in total. The van der Waals surface area contributed by atoms with Crippen LogP contribution in [0.1, 0.15) is 32.6 Å². The van der Waals surface area contributed by atoms with Gasteiger partial charge in [0.05, 0.1) is 0 Å². The van der Waals surface area contributed by atoms with Crippen LogP contribution in [-0.4, -0.2) is 33.5 Å². The van der Waals surface area contributed by atoms with Gasteiger partial charge >= 0.3 is 6.01 Å². The molecule has 16 heavy (non-hydrogen) atoms. The van der Waals surface area contributed by atoms with Gasteiger partial charge in [0.2, 0.25) is 0 Å². The number of nitrogens with one attached hydrogen (secondary N) is 1. The first-order valence-corrected chi connectivity index (χ1v) is 6.03. The molecule has 1 fully saturated rings. The molecule has 0 aromatic carbocycles. The van der Waals surface area contributed by atoms with Gasteiger partial charge < -0.3 is 10.1 Å². The summed E-state index contributed by atoms with van der Waals surface area (Å²) >= 11 is 0. The first kappa shape index (κ1) is 11.4. The molecular weight excluding hydrogens is 204 g/mol. The highest BCUT2D eigenvalue weighted by atomic mass is 16.5. The van der Waals surface area contributed by atoms with Gasteiger partial charge in [0, 0.05) is 19.6 Å². The Bertz CT molecular complexity index is 322. The van der Waals surface area contributed by atoms with Gasteiger partial charge in [-0.3, -0.25) is 4.68 Å². The van der Waals surface area contributed by atoms with Crippen molar-refractivity contribution < 1.29 is 4.74 Å². The average Bonchev–Trinajstić information content (AvgIpc) is 3.00. The fourth-order valence-electron chi connectivity index (χ4n) is 1.63. The minimum Gasteiger partial charge on any atom is -0.458 e. The molecule has 1 aliphatic rings. The van der Waals surface area contributed by atoms with Crippen molar-refractivity contribution in [3.05, 3.63) is 6.33 Å². The summed E-state index contributed by atoms with van der Waals surface area (Å²) in [5.41, 5.74) is 0. The summed E-state index contributed by atoms with van der Waals surface area (Å²) in [6.07, 6.45) is 6.61. The highest BCUT2D eigenvalue weighted by Crippen LogP contribution is 2.19. The van der Waals surface area contributed by atoms with Gasteiger partial charge in [0.25, 0.3) is 0 Å². The summed E-state index contributed by atoms with van der Waals surface area (Å²) < 4.78 is 7.41. The van der Waals surface area contributed by atoms with Crippen molar-refractivity contribution in [2.45, 2.75) is 44.8 Å². The SMILES string of the molecule is CCCC(CNC1CC1)Oc1ncn(C)n1. The molecule has 1 aromatic rings. The van der Waals surface area contributed by atoms with E-state index in [4.69, 9.17) is 4.74 Å². The van der Waals surface area contributed by atoms with E-state index in [1.165, 1.54) is 12.8 Å². The lowest BCUT2D eigenvalue weighted by Crippen LogP contribution is -2.32. The molecule has 1 unspecified atom stereocenters. The molecule has 2 rings (SSSR count). The zero-order valence-electron chi connectivity index (χ0n) is 10.0. The smallest absolute Gasteiger partial charge is 0.335 e. The van der Waals surface area contributed by atoms with Crippen LogP contribution in [0.15, 0.2) is 6.33 Å². The van der Waals surface area contributed by atoms with Gasteiger partial charge in [-0.2, -0.15) is 4.98 Å². The highest BCUT2D eigenvalue weighted by Gasteiger charge is 2.22. The van der Waals surface area contributed by atoms with Crippen molar-refractivity contribution in [3.63, 3.8) is 0 Å². The minimum atomic E-state index is 0.188. The second kappa shape index (κ2) is 5.30. The summed E-state index contributed by atoms with van der Waals surface area (Å²) in [5.74, 6) is 0. The molecule has 1 heterocycles. The third-order valence-electron chi connectivity index (χ3n) is 2.67. The van der Waals surface area contributed by atoms with E-state index in [0.29, 0.717) is 6.01 Å². The highest BCUT2D eigenvalue weighted by molar-refractivity contribution is 4.90. The summed E-state index contributed by atoms with van der Waals surface area (Å²) in [6, 6.07) is 1.21. The standard InChI is InChI=1S/C11H20N4O/c1-3-4-10(7-12-9-5-6-9)16-11-13-8-15(2)14-11/h8-10,12H,3-7H2,1-2H3. The van der Waals surface area contributed by atoms with Crippen molar-refractivity contribution in [2.75, 3.05) is 6.54 Å². The lowest BCUT2D eigenvalue weighted by Gasteiger charge is -2.16. The first-order valence-electron chi connectivity index (χ1n) is 6.03. The Morgan fingerprint density at radius 2 is 2.44 bits per heavy atom. The van der Waals surface area contributed by atoms with Crippen molar-refractivity contribution in [1.29, 1.82) is 0 Å². The molecule has 1 atom stereocenters. The third-order valence-corrected chi connectivity index (χ3v) is 2.67. The number of aromatic nitrogens is 3. The molecule has 0 saturated heterocycles. The Balaban J connectivity index is 1.80. The molecule has 90 valence electrons. The lowest BCUT2D eigenvalue weighted by atomic mass is 10.2. The van der Waals surface area contributed by atoms with Gasteiger partial charge in [0.15, 0.2) is 0 Å². The maximum atomic E-state index is 5.75. The number of rotatable bonds is 7. The van der Waals surface area contributed by atoms with E-state index < -0.39 is 0 Å². The number of nitrogens with zero attached hydrogens (tertiary/aromatic N) is 3. The summed E-state index contributed by atoms with van der Waals surface area (Å²) in [5, 5.41) is 7.61. The van der Waals surface area contributed by atoms with Crippen molar-refractivity contribution in [2.24, 2.45) is 7.05 Å². The van der Waals surface area contributed by atoms with E-state index in [9.17, 15) is 0 Å². The van der Waals surface area contributed by atoms with Crippen LogP contribution < -0.4 is 10.1 Å². The van der Waals surface area contributed by atoms with Gasteiger partial charge in [-0.05, 0) is 19.3 Å². The molecule has 0 bridgehead atoms. The largest absolute Gasteiger partial charge is 0.458 e. The van der Waals surface area contributed by atoms with Crippen LogP contribution >= 0.6 is 0 Å². The molecule has 1 aliphatic carbocycles. The summed E-state index contributed by atoms with van der Waals surface area (Å²) in [7, 11) is 1.84. The Kier molecular flexibility index (Phi) is 3.77. The van der Waals surface area contributed by atoms with Crippen molar-refractivity contribution >= 4 is 0 Å². The van der Waals surface area contributed by atoms with Crippen LogP contribution in [0.2, 0.25) is 0 Å². The third kappa shape index (κ3) is 3.48. The molecule has 1 N–H and O–H groups in total. The first-order chi connectivity index (χ1) is 7.78. The number of hydrogen-bond donors (Lipinski definition) is 1. The zero-order chi connectivity index (χ0) is 11.4. The quantitative estimate of drug-likeness (QED) is 0.754. The van der Waals surface area contributed by atoms with Crippen LogP contribution in [0.25, 0.3) is 0 Å². The summed E-state index contributed by atoms with van der Waals surface area (Å²) in [6.45, 7) is 3.07. The lowest BCUT2D eigenvalue weighted by molar-refractivity contribution is 0.170. The fourth-order valence-corrected chi connectivity index (χ4v) is 1.63. The molecule has 0 spiro atoms. The van der Waals surface area contributed by atoms with E-state index in [0.717, 1.165) is 25.4 Å². The maximum absolute atomic E-state index is 5.75. The number of hydrogen-bond acceptors (Lipinski definition) is 4. The Hall–Kier alpha value is -1.10. The second-order valence-corrected chi connectivity index (χ2v) is 4.41. The normalized spacial score (nSPS) is 17.4. The zero-order valence-corrected chi connectivity index (χ0v) is 10.0. The predicted octanol–water partition coefficient (Wildman–Crippen LogP) is 1.11. The molecule has 0 aliphatic heterocycles. The van der Waals surface area contributed by atoms with Crippen molar-refractivity contribution in [1.82, 2.24) is 20.1 Å². The molecule has 5 heteroatoms. The molecule has 1 aromatic heterocycles.